The summed E-state index contributed by atoms with van der Waals surface area (Å²) in [5.41, 5.74) is -0.114. The number of hydrogen-bond acceptors (Lipinski definition) is 5. The van der Waals surface area contributed by atoms with Crippen LogP contribution in [0.1, 0.15) is 35.7 Å². The Hall–Kier alpha value is -0.130. The number of carbonyl (C=O) groups excluding carboxylic acids is 1. The first-order valence-corrected chi connectivity index (χ1v) is 11.8. The second-order valence-corrected chi connectivity index (χ2v) is 10.5. The maximum Gasteiger partial charge on any atom is 0.344 e. The molecule has 0 N–H and O–H groups in total. The van der Waals surface area contributed by atoms with Crippen molar-refractivity contribution in [3.8, 4) is 5.75 Å². The maximum atomic E-state index is 14.3. The van der Waals surface area contributed by atoms with Gasteiger partial charge in [-0.1, -0.05) is 13.8 Å². The van der Waals surface area contributed by atoms with Gasteiger partial charge in [0.15, 0.2) is 11.6 Å². The second-order valence-electron chi connectivity index (χ2n) is 5.67. The van der Waals surface area contributed by atoms with Crippen molar-refractivity contribution in [2.24, 2.45) is 0 Å². The lowest BCUT2D eigenvalue weighted by Gasteiger charge is -2.19. The molecule has 0 spiro atoms. The molecule has 2 aromatic carbocycles. The zero-order chi connectivity index (χ0) is 20.7. The number of rotatable bonds is 4. The van der Waals surface area contributed by atoms with Gasteiger partial charge in [0.05, 0.1) is 10.5 Å². The van der Waals surface area contributed by atoms with Crippen molar-refractivity contribution >= 4 is 83.9 Å². The fourth-order valence-corrected chi connectivity index (χ4v) is 5.49. The smallest absolute Gasteiger partial charge is 0.344 e. The van der Waals surface area contributed by atoms with E-state index in [9.17, 15) is 26.5 Å². The summed E-state index contributed by atoms with van der Waals surface area (Å²) in [5.74, 6) is -5.90. The summed E-state index contributed by atoms with van der Waals surface area (Å²) in [4.78, 5) is 11.2. The van der Waals surface area contributed by atoms with Crippen LogP contribution in [0, 0.1) is 22.3 Å². The van der Waals surface area contributed by atoms with E-state index in [1.807, 2.05) is 73.8 Å². The monoisotopic (exact) mass is 733 g/mol. The van der Waals surface area contributed by atoms with Crippen molar-refractivity contribution in [2.75, 3.05) is 0 Å². The summed E-state index contributed by atoms with van der Waals surface area (Å²) in [6.45, 7) is 3.00. The normalized spacial score (nSPS) is 11.7. The van der Waals surface area contributed by atoms with Crippen LogP contribution in [-0.2, 0) is 10.1 Å². The van der Waals surface area contributed by atoms with Crippen LogP contribution in [0.3, 0.4) is 0 Å². The zero-order valence-electron chi connectivity index (χ0n) is 13.6. The molecule has 0 saturated heterocycles. The molecule has 0 fully saturated rings. The highest BCUT2D eigenvalue weighted by molar-refractivity contribution is 14.1. The highest BCUT2D eigenvalue weighted by Crippen LogP contribution is 2.34. The third-order valence-electron chi connectivity index (χ3n) is 3.44. The first-order chi connectivity index (χ1) is 12.3. The molecule has 2 rings (SSSR count). The van der Waals surface area contributed by atoms with Crippen LogP contribution in [0.25, 0.3) is 0 Å². The summed E-state index contributed by atoms with van der Waals surface area (Å²) in [6, 6.07) is 4.23. The van der Waals surface area contributed by atoms with Gasteiger partial charge >= 0.3 is 5.97 Å². The summed E-state index contributed by atoms with van der Waals surface area (Å²) < 4.78 is 69.7. The average Bonchev–Trinajstić information content (AvgIpc) is 2.53. The van der Waals surface area contributed by atoms with Crippen molar-refractivity contribution in [1.82, 2.24) is 0 Å². The quantitative estimate of drug-likeness (QED) is 0.145. The van der Waals surface area contributed by atoms with Gasteiger partial charge < -0.3 is 9.29 Å². The lowest BCUT2D eigenvalue weighted by molar-refractivity contribution is 0.0725. The van der Waals surface area contributed by atoms with Crippen molar-refractivity contribution in [2.45, 2.75) is 24.7 Å². The SMILES string of the molecule is CC(C)c1cc(OC(=O)c2cc(I)cc(I)c2I)c(F)c(F)c1S(=O)(=O)[O-]. The van der Waals surface area contributed by atoms with E-state index in [-0.39, 0.29) is 11.1 Å². The minimum absolute atomic E-state index is 0.151. The van der Waals surface area contributed by atoms with Crippen LogP contribution >= 0.6 is 67.8 Å². The van der Waals surface area contributed by atoms with E-state index >= 15 is 0 Å². The Balaban J connectivity index is 2.60. The van der Waals surface area contributed by atoms with Crippen LogP contribution in [0.5, 0.6) is 5.75 Å². The van der Waals surface area contributed by atoms with Gasteiger partial charge in [0.25, 0.3) is 0 Å². The number of benzene rings is 2. The molecular formula is C16H10F2I3O5S-. The molecule has 0 saturated carbocycles. The topological polar surface area (TPSA) is 83.5 Å². The Labute approximate surface area is 195 Å². The number of ether oxygens (including phenoxy) is 1. The van der Waals surface area contributed by atoms with Crippen LogP contribution in [0.15, 0.2) is 23.1 Å². The molecule has 0 unspecified atom stereocenters. The number of hydrogen-bond donors (Lipinski definition) is 0. The molecule has 0 bridgehead atoms. The zero-order valence-corrected chi connectivity index (χ0v) is 20.9. The molecule has 0 radical (unpaired) electrons. The van der Waals surface area contributed by atoms with E-state index < -0.39 is 44.3 Å². The molecule has 0 aliphatic heterocycles. The maximum absolute atomic E-state index is 14.3. The Morgan fingerprint density at radius 2 is 1.70 bits per heavy atom. The van der Waals surface area contributed by atoms with E-state index in [4.69, 9.17) is 4.74 Å². The fraction of sp³-hybridized carbons (Fsp3) is 0.188. The van der Waals surface area contributed by atoms with Crippen LogP contribution in [-0.4, -0.2) is 18.9 Å². The van der Waals surface area contributed by atoms with Crippen LogP contribution < -0.4 is 4.74 Å². The summed E-state index contributed by atoms with van der Waals surface area (Å²) in [7, 11) is -5.26. The molecule has 146 valence electrons. The first kappa shape index (κ1) is 23.2. The van der Waals surface area contributed by atoms with E-state index in [0.29, 0.717) is 3.57 Å². The molecule has 0 aromatic heterocycles. The lowest BCUT2D eigenvalue weighted by atomic mass is 10.0. The third kappa shape index (κ3) is 5.08. The standard InChI is InChI=1S/C16H11F2I3O5S/c1-6(2)8-5-11(12(17)13(18)15(8)27(23,24)25)26-16(22)9-3-7(19)4-10(20)14(9)21/h3-6H,1-2H3,(H,23,24,25)/p-1. The second kappa shape index (κ2) is 8.71. The molecule has 0 amide bonds. The van der Waals surface area contributed by atoms with Gasteiger partial charge in [-0.05, 0) is 97.5 Å². The predicted molar refractivity (Wildman–Crippen MR) is 118 cm³/mol. The van der Waals surface area contributed by atoms with Crippen molar-refractivity contribution < 1.29 is 31.3 Å². The van der Waals surface area contributed by atoms with E-state index in [1.54, 1.807) is 0 Å². The highest BCUT2D eigenvalue weighted by atomic mass is 127. The van der Waals surface area contributed by atoms with Gasteiger partial charge in [0, 0.05) is 10.7 Å². The predicted octanol–water partition coefficient (Wildman–Crippen LogP) is 5.03. The first-order valence-electron chi connectivity index (χ1n) is 7.19. The van der Waals surface area contributed by atoms with E-state index in [0.717, 1.165) is 13.2 Å². The molecular weight excluding hydrogens is 723 g/mol. The van der Waals surface area contributed by atoms with Crippen molar-refractivity contribution in [1.29, 1.82) is 0 Å². The minimum atomic E-state index is -5.26. The van der Waals surface area contributed by atoms with Crippen LogP contribution in [0.2, 0.25) is 0 Å². The molecule has 5 nitrogen and oxygen atoms in total. The van der Waals surface area contributed by atoms with Crippen molar-refractivity contribution in [3.63, 3.8) is 0 Å². The largest absolute Gasteiger partial charge is 0.744 e. The Bertz CT molecular complexity index is 1040. The molecule has 0 atom stereocenters. The fourth-order valence-electron chi connectivity index (χ4n) is 2.22. The molecule has 2 aromatic rings. The molecule has 0 aliphatic carbocycles. The minimum Gasteiger partial charge on any atom is -0.744 e. The Morgan fingerprint density at radius 3 is 2.22 bits per heavy atom. The third-order valence-corrected chi connectivity index (χ3v) is 8.03. The Kier molecular flexibility index (Phi) is 7.47. The number of halogens is 5. The Morgan fingerprint density at radius 1 is 1.11 bits per heavy atom. The van der Waals surface area contributed by atoms with Gasteiger partial charge in [-0.25, -0.2) is 17.6 Å². The number of carbonyl (C=O) groups is 1. The van der Waals surface area contributed by atoms with Gasteiger partial charge in [0.1, 0.15) is 10.1 Å². The van der Waals surface area contributed by atoms with Gasteiger partial charge in [-0.3, -0.25) is 0 Å². The lowest BCUT2D eigenvalue weighted by Crippen LogP contribution is -2.16. The number of esters is 1. The summed E-state index contributed by atoms with van der Waals surface area (Å²) in [6.07, 6.45) is 0. The van der Waals surface area contributed by atoms with Crippen LogP contribution in [0.4, 0.5) is 8.78 Å². The molecule has 27 heavy (non-hydrogen) atoms. The van der Waals surface area contributed by atoms with E-state index in [1.165, 1.54) is 19.9 Å². The molecule has 0 aliphatic rings. The highest BCUT2D eigenvalue weighted by Gasteiger charge is 2.27. The molecule has 11 heteroatoms. The van der Waals surface area contributed by atoms with Gasteiger partial charge in [0.2, 0.25) is 5.82 Å². The van der Waals surface area contributed by atoms with E-state index in [2.05, 4.69) is 0 Å². The van der Waals surface area contributed by atoms with Crippen molar-refractivity contribution in [3.05, 3.63) is 51.7 Å². The summed E-state index contributed by atoms with van der Waals surface area (Å²) >= 11 is 5.95. The summed E-state index contributed by atoms with van der Waals surface area (Å²) in [5, 5.41) is 0. The average molecular weight is 733 g/mol. The van der Waals surface area contributed by atoms with Gasteiger partial charge in [-0.15, -0.1) is 0 Å². The van der Waals surface area contributed by atoms with Gasteiger partial charge in [-0.2, -0.15) is 4.39 Å². The molecule has 0 heterocycles.